The van der Waals surface area contributed by atoms with E-state index in [4.69, 9.17) is 4.74 Å². The first-order chi connectivity index (χ1) is 11.6. The number of carbonyl (C=O) groups excluding carboxylic acids is 2. The zero-order valence-electron chi connectivity index (χ0n) is 13.7. The fourth-order valence-corrected chi connectivity index (χ4v) is 2.12. The van der Waals surface area contributed by atoms with Gasteiger partial charge in [0.2, 0.25) is 5.91 Å². The molecule has 0 atom stereocenters. The van der Waals surface area contributed by atoms with Crippen LogP contribution in [0.5, 0.6) is 5.75 Å². The minimum absolute atomic E-state index is 0.186. The van der Waals surface area contributed by atoms with Crippen LogP contribution in [-0.4, -0.2) is 32.5 Å². The molecule has 2 rings (SSSR count). The van der Waals surface area contributed by atoms with Crippen LogP contribution in [0.15, 0.2) is 60.7 Å². The van der Waals surface area contributed by atoms with Crippen molar-refractivity contribution in [1.29, 1.82) is 0 Å². The van der Waals surface area contributed by atoms with Crippen molar-refractivity contribution in [3.05, 3.63) is 66.2 Å². The van der Waals surface area contributed by atoms with Crippen LogP contribution in [0.3, 0.4) is 0 Å². The maximum atomic E-state index is 12.0. The van der Waals surface area contributed by atoms with Crippen molar-refractivity contribution in [1.82, 2.24) is 10.6 Å². The quantitative estimate of drug-likeness (QED) is 0.802. The lowest BCUT2D eigenvalue weighted by atomic mass is 10.0. The van der Waals surface area contributed by atoms with Crippen molar-refractivity contribution in [2.45, 2.75) is 0 Å². The Kier molecular flexibility index (Phi) is 6.14. The third-order valence-corrected chi connectivity index (χ3v) is 3.45. The highest BCUT2D eigenvalue weighted by molar-refractivity contribution is 5.95. The molecular formula is C19H20N2O3. The zero-order valence-corrected chi connectivity index (χ0v) is 13.7. The van der Waals surface area contributed by atoms with Crippen LogP contribution in [-0.2, 0) is 4.79 Å². The molecule has 0 radical (unpaired) electrons. The van der Waals surface area contributed by atoms with Gasteiger partial charge in [0.1, 0.15) is 5.75 Å². The van der Waals surface area contributed by atoms with E-state index in [1.807, 2.05) is 36.4 Å². The molecule has 5 heteroatoms. The molecule has 2 aromatic rings. The second-order valence-corrected chi connectivity index (χ2v) is 5.04. The zero-order chi connectivity index (χ0) is 17.4. The number of nitrogens with one attached hydrogen (secondary N) is 2. The van der Waals surface area contributed by atoms with Gasteiger partial charge in [-0.2, -0.15) is 0 Å². The van der Waals surface area contributed by atoms with Crippen molar-refractivity contribution < 1.29 is 14.3 Å². The number of benzene rings is 2. The first-order valence-electron chi connectivity index (χ1n) is 7.55. The van der Waals surface area contributed by atoms with Crippen molar-refractivity contribution in [2.75, 3.05) is 20.7 Å². The summed E-state index contributed by atoms with van der Waals surface area (Å²) in [6.07, 6.45) is 2.98. The highest BCUT2D eigenvalue weighted by Gasteiger charge is 2.05. The van der Waals surface area contributed by atoms with E-state index in [1.165, 1.54) is 6.08 Å². The Bertz CT molecular complexity index is 737. The standard InChI is InChI=1S/C19H20N2O3/c1-20-18(22)7-4-12-21-19(23)15-10-8-14(9-11-15)16-5-3-6-17(13-16)24-2/h3-11,13H,12H2,1-2H3,(H,20,22)(H,21,23). The van der Waals surface area contributed by atoms with E-state index >= 15 is 0 Å². The lowest BCUT2D eigenvalue weighted by molar-refractivity contribution is -0.116. The van der Waals surface area contributed by atoms with Crippen molar-refractivity contribution in [2.24, 2.45) is 0 Å². The molecule has 0 saturated carbocycles. The minimum atomic E-state index is -0.202. The van der Waals surface area contributed by atoms with E-state index in [1.54, 1.807) is 32.4 Å². The molecule has 0 heterocycles. The first kappa shape index (κ1) is 17.3. The molecule has 2 amide bonds. The lowest BCUT2D eigenvalue weighted by Crippen LogP contribution is -2.23. The maximum Gasteiger partial charge on any atom is 0.251 e. The van der Waals surface area contributed by atoms with Crippen LogP contribution in [0.1, 0.15) is 10.4 Å². The largest absolute Gasteiger partial charge is 0.497 e. The molecule has 0 unspecified atom stereocenters. The van der Waals surface area contributed by atoms with Crippen LogP contribution < -0.4 is 15.4 Å². The topological polar surface area (TPSA) is 67.4 Å². The Morgan fingerprint density at radius 2 is 1.83 bits per heavy atom. The molecular weight excluding hydrogens is 304 g/mol. The van der Waals surface area contributed by atoms with Gasteiger partial charge in [-0.1, -0.05) is 30.3 Å². The summed E-state index contributed by atoms with van der Waals surface area (Å²) in [5.41, 5.74) is 2.59. The number of likely N-dealkylation sites (N-methyl/N-ethyl adjacent to an activating group) is 1. The van der Waals surface area contributed by atoms with E-state index in [2.05, 4.69) is 10.6 Å². The van der Waals surface area contributed by atoms with E-state index in [0.29, 0.717) is 12.1 Å². The molecule has 0 aliphatic carbocycles. The molecule has 2 aromatic carbocycles. The third kappa shape index (κ3) is 4.71. The molecule has 2 N–H and O–H groups in total. The summed E-state index contributed by atoms with van der Waals surface area (Å²) in [6, 6.07) is 15.1. The Balaban J connectivity index is 1.99. The normalized spacial score (nSPS) is 10.4. The molecule has 0 spiro atoms. The summed E-state index contributed by atoms with van der Waals surface area (Å²) < 4.78 is 5.22. The highest BCUT2D eigenvalue weighted by atomic mass is 16.5. The van der Waals surface area contributed by atoms with Gasteiger partial charge in [0.05, 0.1) is 7.11 Å². The second kappa shape index (κ2) is 8.53. The number of methoxy groups -OCH3 is 1. The molecule has 0 aromatic heterocycles. The van der Waals surface area contributed by atoms with Crippen LogP contribution in [0, 0.1) is 0 Å². The number of ether oxygens (including phenoxy) is 1. The number of carbonyl (C=O) groups is 2. The van der Waals surface area contributed by atoms with Gasteiger partial charge in [-0.25, -0.2) is 0 Å². The predicted octanol–water partition coefficient (Wildman–Crippen LogP) is 2.39. The average molecular weight is 324 g/mol. The van der Waals surface area contributed by atoms with Gasteiger partial charge in [0.25, 0.3) is 5.91 Å². The highest BCUT2D eigenvalue weighted by Crippen LogP contribution is 2.23. The number of rotatable bonds is 6. The molecule has 5 nitrogen and oxygen atoms in total. The Morgan fingerprint density at radius 3 is 2.50 bits per heavy atom. The number of hydrogen-bond acceptors (Lipinski definition) is 3. The summed E-state index contributed by atoms with van der Waals surface area (Å²) in [7, 11) is 3.18. The Hall–Kier alpha value is -3.08. The fourth-order valence-electron chi connectivity index (χ4n) is 2.12. The SMILES string of the molecule is CNC(=O)C=CCNC(=O)c1ccc(-c2cccc(OC)c2)cc1. The van der Waals surface area contributed by atoms with Crippen molar-refractivity contribution in [3.63, 3.8) is 0 Å². The molecule has 0 bridgehead atoms. The summed E-state index contributed by atoms with van der Waals surface area (Å²) in [4.78, 5) is 23.1. The van der Waals surface area contributed by atoms with Gasteiger partial charge >= 0.3 is 0 Å². The minimum Gasteiger partial charge on any atom is -0.497 e. The van der Waals surface area contributed by atoms with Crippen LogP contribution >= 0.6 is 0 Å². The molecule has 0 fully saturated rings. The van der Waals surface area contributed by atoms with Crippen molar-refractivity contribution in [3.8, 4) is 16.9 Å². The van der Waals surface area contributed by atoms with Crippen LogP contribution in [0.25, 0.3) is 11.1 Å². The van der Waals surface area contributed by atoms with E-state index < -0.39 is 0 Å². The Labute approximate surface area is 141 Å². The molecule has 0 aliphatic heterocycles. The van der Waals surface area contributed by atoms with Crippen LogP contribution in [0.2, 0.25) is 0 Å². The fraction of sp³-hybridized carbons (Fsp3) is 0.158. The first-order valence-corrected chi connectivity index (χ1v) is 7.55. The van der Waals surface area contributed by atoms with E-state index in [-0.39, 0.29) is 11.8 Å². The maximum absolute atomic E-state index is 12.0. The van der Waals surface area contributed by atoms with Crippen molar-refractivity contribution >= 4 is 11.8 Å². The van der Waals surface area contributed by atoms with Gasteiger partial charge < -0.3 is 15.4 Å². The smallest absolute Gasteiger partial charge is 0.251 e. The summed E-state index contributed by atoms with van der Waals surface area (Å²) in [5, 5.41) is 5.20. The molecule has 24 heavy (non-hydrogen) atoms. The van der Waals surface area contributed by atoms with Gasteiger partial charge in [-0.15, -0.1) is 0 Å². The van der Waals surface area contributed by atoms with E-state index in [0.717, 1.165) is 16.9 Å². The summed E-state index contributed by atoms with van der Waals surface area (Å²) in [5.74, 6) is 0.401. The van der Waals surface area contributed by atoms with Gasteiger partial charge in [0, 0.05) is 25.2 Å². The molecule has 0 aliphatic rings. The second-order valence-electron chi connectivity index (χ2n) is 5.04. The average Bonchev–Trinajstić information content (AvgIpc) is 2.65. The monoisotopic (exact) mass is 324 g/mol. The van der Waals surface area contributed by atoms with E-state index in [9.17, 15) is 9.59 Å². The third-order valence-electron chi connectivity index (χ3n) is 3.45. The number of amides is 2. The predicted molar refractivity (Wildman–Crippen MR) is 94.0 cm³/mol. The van der Waals surface area contributed by atoms with Crippen LogP contribution in [0.4, 0.5) is 0 Å². The van der Waals surface area contributed by atoms with Gasteiger partial charge in [0.15, 0.2) is 0 Å². The Morgan fingerprint density at radius 1 is 1.08 bits per heavy atom. The van der Waals surface area contributed by atoms with Gasteiger partial charge in [-0.3, -0.25) is 9.59 Å². The lowest BCUT2D eigenvalue weighted by Gasteiger charge is -2.06. The molecule has 124 valence electrons. The molecule has 0 saturated heterocycles. The number of hydrogen-bond donors (Lipinski definition) is 2. The van der Waals surface area contributed by atoms with Gasteiger partial charge in [-0.05, 0) is 35.4 Å². The summed E-state index contributed by atoms with van der Waals surface area (Å²) in [6.45, 7) is 0.296. The summed E-state index contributed by atoms with van der Waals surface area (Å²) >= 11 is 0.